The van der Waals surface area contributed by atoms with E-state index in [4.69, 9.17) is 28.4 Å². The normalized spacial score (nSPS) is 12.2. The lowest BCUT2D eigenvalue weighted by Gasteiger charge is -2.32. The number of nitrogens with one attached hydrogen (secondary N) is 2. The SMILES string of the molecule is CC(C)(C)[C@@H](CO)NC(=O)c1cc(OCc2ccccc2)c(OCc2ccccc2)c(OCc2ccccc2)c1-c1c(C(=O)N[C@H](CO)C(C)(C)C)cc(OCc2ccccc2)c(OCc2ccccc2)c1OCc1ccccc1. The van der Waals surface area contributed by atoms with Crippen molar-refractivity contribution >= 4 is 11.8 Å². The van der Waals surface area contributed by atoms with Gasteiger partial charge in [0.15, 0.2) is 23.0 Å². The minimum atomic E-state index is -0.758. The van der Waals surface area contributed by atoms with Gasteiger partial charge in [-0.3, -0.25) is 9.59 Å². The summed E-state index contributed by atoms with van der Waals surface area (Å²) in [6.07, 6.45) is 0. The minimum Gasteiger partial charge on any atom is -0.485 e. The van der Waals surface area contributed by atoms with E-state index < -0.39 is 47.9 Å². The summed E-state index contributed by atoms with van der Waals surface area (Å²) >= 11 is 0. The fourth-order valence-electron chi connectivity index (χ4n) is 8.78. The van der Waals surface area contributed by atoms with Crippen LogP contribution < -0.4 is 39.1 Å². The van der Waals surface area contributed by atoms with E-state index in [1.165, 1.54) is 0 Å². The number of hydrogen-bond donors (Lipinski definition) is 4. The smallest absolute Gasteiger partial charge is 0.252 e. The van der Waals surface area contributed by atoms with Gasteiger partial charge in [-0.15, -0.1) is 0 Å². The molecule has 414 valence electrons. The summed E-state index contributed by atoms with van der Waals surface area (Å²) in [5, 5.41) is 28.2. The second kappa shape index (κ2) is 27.3. The highest BCUT2D eigenvalue weighted by molar-refractivity contribution is 6.11. The standard InChI is InChI=1S/C68H72N2O10/c1-67(2,3)57(39-71)69-65(73)53-37-55(75-41-47-25-13-7-14-26-47)61(77-43-49-29-17-9-18-30-49)63(79-45-51-33-21-11-22-34-51)59(53)60-54(66(74)70-58(40-72)68(4,5)6)38-56(76-42-48-27-15-8-16-28-48)62(78-44-50-31-19-10-20-32-50)64(60)80-46-52-35-23-12-24-36-52/h7-38,57-58,71-72H,39-46H2,1-6H3,(H,69,73)(H,70,74)/t57-,58-/m1/s1. The molecule has 0 saturated carbocycles. The minimum absolute atomic E-state index is 0.00834. The Morgan fingerprint density at radius 1 is 0.362 bits per heavy atom. The summed E-state index contributed by atoms with van der Waals surface area (Å²) in [4.78, 5) is 31.7. The second-order valence-electron chi connectivity index (χ2n) is 21.7. The summed E-state index contributed by atoms with van der Waals surface area (Å²) in [6, 6.07) is 59.3. The van der Waals surface area contributed by atoms with Crippen molar-refractivity contribution in [2.45, 2.75) is 93.3 Å². The summed E-state index contributed by atoms with van der Waals surface area (Å²) in [5.41, 5.74) is 3.82. The van der Waals surface area contributed by atoms with Gasteiger partial charge in [-0.05, 0) is 56.3 Å². The van der Waals surface area contributed by atoms with Gasteiger partial charge < -0.3 is 49.3 Å². The molecule has 0 aliphatic carbocycles. The van der Waals surface area contributed by atoms with E-state index in [2.05, 4.69) is 10.6 Å². The Morgan fingerprint density at radius 2 is 0.588 bits per heavy atom. The third-order valence-electron chi connectivity index (χ3n) is 13.6. The number of benzene rings is 8. The zero-order valence-electron chi connectivity index (χ0n) is 46.4. The Labute approximate surface area is 470 Å². The Balaban J connectivity index is 1.52. The van der Waals surface area contributed by atoms with Crippen molar-refractivity contribution in [2.75, 3.05) is 13.2 Å². The van der Waals surface area contributed by atoms with Crippen LogP contribution in [-0.4, -0.2) is 47.3 Å². The van der Waals surface area contributed by atoms with Crippen molar-refractivity contribution in [3.63, 3.8) is 0 Å². The zero-order valence-corrected chi connectivity index (χ0v) is 46.4. The lowest BCUT2D eigenvalue weighted by molar-refractivity contribution is 0.0840. The maximum Gasteiger partial charge on any atom is 0.252 e. The molecule has 12 nitrogen and oxygen atoms in total. The van der Waals surface area contributed by atoms with Gasteiger partial charge in [0, 0.05) is 11.1 Å². The number of ether oxygens (including phenoxy) is 6. The van der Waals surface area contributed by atoms with Gasteiger partial charge in [0.25, 0.3) is 11.8 Å². The van der Waals surface area contributed by atoms with E-state index in [1.54, 1.807) is 12.1 Å². The van der Waals surface area contributed by atoms with E-state index in [0.29, 0.717) is 0 Å². The topological polar surface area (TPSA) is 154 Å². The number of rotatable bonds is 25. The number of carbonyl (C=O) groups is 2. The van der Waals surface area contributed by atoms with Crippen LogP contribution >= 0.6 is 0 Å². The largest absolute Gasteiger partial charge is 0.485 e. The molecule has 0 bridgehead atoms. The second-order valence-corrected chi connectivity index (χ2v) is 21.7. The Bertz CT molecular complexity index is 3020. The highest BCUT2D eigenvalue weighted by Gasteiger charge is 2.38. The van der Waals surface area contributed by atoms with Gasteiger partial charge >= 0.3 is 0 Å². The number of carbonyl (C=O) groups excluding carboxylic acids is 2. The molecule has 0 aromatic heterocycles. The van der Waals surface area contributed by atoms with Gasteiger partial charge in [0.2, 0.25) is 11.5 Å². The molecule has 2 amide bonds. The van der Waals surface area contributed by atoms with Crippen molar-refractivity contribution in [3.8, 4) is 45.6 Å². The molecule has 8 aromatic rings. The monoisotopic (exact) mass is 1080 g/mol. The van der Waals surface area contributed by atoms with Crippen LogP contribution in [0.1, 0.15) is 95.6 Å². The number of aliphatic hydroxyl groups excluding tert-OH is 2. The molecule has 8 rings (SSSR count). The van der Waals surface area contributed by atoms with Crippen LogP contribution in [0.4, 0.5) is 0 Å². The molecule has 0 radical (unpaired) electrons. The lowest BCUT2D eigenvalue weighted by Crippen LogP contribution is -2.46. The Morgan fingerprint density at radius 3 is 0.812 bits per heavy atom. The number of hydrogen-bond acceptors (Lipinski definition) is 10. The van der Waals surface area contributed by atoms with Crippen LogP contribution in [0.5, 0.6) is 34.5 Å². The maximum absolute atomic E-state index is 15.8. The van der Waals surface area contributed by atoms with Crippen molar-refractivity contribution in [3.05, 3.63) is 239 Å². The van der Waals surface area contributed by atoms with Crippen LogP contribution in [-0.2, 0) is 39.6 Å². The third kappa shape index (κ3) is 15.4. The Kier molecular flexibility index (Phi) is 19.7. The van der Waals surface area contributed by atoms with Crippen LogP contribution in [0, 0.1) is 10.8 Å². The summed E-state index contributed by atoms with van der Waals surface area (Å²) in [7, 11) is 0. The first-order chi connectivity index (χ1) is 38.7. The van der Waals surface area contributed by atoms with E-state index in [-0.39, 0.29) is 96.4 Å². The van der Waals surface area contributed by atoms with Gasteiger partial charge in [-0.2, -0.15) is 0 Å². The molecular weight excluding hydrogens is 1000 g/mol. The van der Waals surface area contributed by atoms with E-state index in [9.17, 15) is 10.2 Å². The molecule has 8 aromatic carbocycles. The van der Waals surface area contributed by atoms with Crippen molar-refractivity contribution in [2.24, 2.45) is 10.8 Å². The van der Waals surface area contributed by atoms with Crippen LogP contribution in [0.25, 0.3) is 11.1 Å². The molecule has 0 aliphatic rings. The average molecular weight is 1080 g/mol. The van der Waals surface area contributed by atoms with Gasteiger partial charge in [-0.1, -0.05) is 224 Å². The molecule has 0 unspecified atom stereocenters. The van der Waals surface area contributed by atoms with Crippen LogP contribution in [0.15, 0.2) is 194 Å². The highest BCUT2D eigenvalue weighted by Crippen LogP contribution is 2.56. The number of amides is 2. The van der Waals surface area contributed by atoms with E-state index in [1.807, 2.05) is 224 Å². The highest BCUT2D eigenvalue weighted by atomic mass is 16.6. The molecule has 80 heavy (non-hydrogen) atoms. The van der Waals surface area contributed by atoms with Crippen LogP contribution in [0.3, 0.4) is 0 Å². The predicted octanol–water partition coefficient (Wildman–Crippen LogP) is 13.1. The van der Waals surface area contributed by atoms with Crippen molar-refractivity contribution < 1.29 is 48.2 Å². The zero-order chi connectivity index (χ0) is 56.5. The quantitative estimate of drug-likeness (QED) is 0.0435. The molecule has 2 atom stereocenters. The van der Waals surface area contributed by atoms with Gasteiger partial charge in [0.05, 0.1) is 36.4 Å². The van der Waals surface area contributed by atoms with E-state index >= 15 is 9.59 Å². The fraction of sp³-hybridized carbons (Fsp3) is 0.265. The molecular formula is C68H72N2O10. The predicted molar refractivity (Wildman–Crippen MR) is 312 cm³/mol. The summed E-state index contributed by atoms with van der Waals surface area (Å²) in [6.45, 7) is 10.9. The van der Waals surface area contributed by atoms with Crippen molar-refractivity contribution in [1.29, 1.82) is 0 Å². The molecule has 0 spiro atoms. The maximum atomic E-state index is 15.8. The summed E-state index contributed by atoms with van der Waals surface area (Å²) < 4.78 is 41.8. The first-order valence-corrected chi connectivity index (χ1v) is 27.0. The fourth-order valence-corrected chi connectivity index (χ4v) is 8.78. The van der Waals surface area contributed by atoms with Crippen LogP contribution in [0.2, 0.25) is 0 Å². The van der Waals surface area contributed by atoms with E-state index in [0.717, 1.165) is 33.4 Å². The summed E-state index contributed by atoms with van der Waals surface area (Å²) in [5.74, 6) is -0.606. The van der Waals surface area contributed by atoms with Gasteiger partial charge in [0.1, 0.15) is 39.6 Å². The first kappa shape index (κ1) is 57.6. The average Bonchev–Trinajstić information content (AvgIpc) is 3.51. The molecule has 4 N–H and O–H groups in total. The lowest BCUT2D eigenvalue weighted by atomic mass is 9.85. The molecule has 0 aliphatic heterocycles. The first-order valence-electron chi connectivity index (χ1n) is 27.0. The molecule has 0 heterocycles. The molecule has 12 heteroatoms. The van der Waals surface area contributed by atoms with Gasteiger partial charge in [-0.25, -0.2) is 0 Å². The molecule has 0 saturated heterocycles. The third-order valence-corrected chi connectivity index (χ3v) is 13.6. The number of aliphatic hydroxyl groups is 2. The molecule has 0 fully saturated rings. The Hall–Kier alpha value is -8.58. The van der Waals surface area contributed by atoms with Crippen molar-refractivity contribution in [1.82, 2.24) is 10.6 Å².